The van der Waals surface area contributed by atoms with Crippen LogP contribution in [0.25, 0.3) is 0 Å². The molecular formula is C11H14Cl2FNOS. The molecule has 1 aromatic rings. The summed E-state index contributed by atoms with van der Waals surface area (Å²) in [6.45, 7) is 2.46. The first-order chi connectivity index (χ1) is 7.91. The molecule has 1 N–H and O–H groups in total. The van der Waals surface area contributed by atoms with E-state index in [0.717, 1.165) is 0 Å². The molecule has 0 aromatic heterocycles. The van der Waals surface area contributed by atoms with Gasteiger partial charge >= 0.3 is 0 Å². The highest BCUT2D eigenvalue weighted by Crippen LogP contribution is 2.28. The second kappa shape index (κ2) is 6.69. The molecule has 0 fully saturated rings. The fourth-order valence-electron chi connectivity index (χ4n) is 1.40. The Morgan fingerprint density at radius 1 is 1.41 bits per heavy atom. The first kappa shape index (κ1) is 14.9. The van der Waals surface area contributed by atoms with E-state index in [0.29, 0.717) is 22.9 Å². The highest BCUT2D eigenvalue weighted by atomic mass is 35.5. The van der Waals surface area contributed by atoms with Gasteiger partial charge in [0.25, 0.3) is 0 Å². The van der Waals surface area contributed by atoms with Gasteiger partial charge in [0.2, 0.25) is 0 Å². The maximum Gasteiger partial charge on any atom is 0.142 e. The molecule has 0 spiro atoms. The Hall–Kier alpha value is -0.160. The first-order valence-electron chi connectivity index (χ1n) is 5.09. The summed E-state index contributed by atoms with van der Waals surface area (Å²) < 4.78 is 24.2. The van der Waals surface area contributed by atoms with Crippen LogP contribution >= 0.6 is 23.2 Å². The van der Waals surface area contributed by atoms with E-state index in [1.165, 1.54) is 12.1 Å². The van der Waals surface area contributed by atoms with Gasteiger partial charge in [-0.3, -0.25) is 4.21 Å². The van der Waals surface area contributed by atoms with Crippen LogP contribution in [-0.2, 0) is 10.8 Å². The molecule has 0 saturated heterocycles. The summed E-state index contributed by atoms with van der Waals surface area (Å²) in [6, 6.07) is 2.60. The molecule has 1 rings (SSSR count). The summed E-state index contributed by atoms with van der Waals surface area (Å²) in [4.78, 5) is 0. The topological polar surface area (TPSA) is 29.1 Å². The van der Waals surface area contributed by atoms with E-state index < -0.39 is 16.6 Å². The largest absolute Gasteiger partial charge is 0.309 e. The molecule has 96 valence electrons. The lowest BCUT2D eigenvalue weighted by Crippen LogP contribution is -2.24. The van der Waals surface area contributed by atoms with Crippen LogP contribution in [0.15, 0.2) is 12.1 Å². The van der Waals surface area contributed by atoms with Gasteiger partial charge in [0.05, 0.1) is 5.02 Å². The monoisotopic (exact) mass is 297 g/mol. The molecule has 17 heavy (non-hydrogen) atoms. The van der Waals surface area contributed by atoms with E-state index >= 15 is 0 Å². The Labute approximate surface area is 113 Å². The fourth-order valence-corrected chi connectivity index (χ4v) is 2.35. The third kappa shape index (κ3) is 4.54. The summed E-state index contributed by atoms with van der Waals surface area (Å²) in [7, 11) is -0.842. The summed E-state index contributed by atoms with van der Waals surface area (Å²) in [5.74, 6) is 0.0664. The van der Waals surface area contributed by atoms with Crippen LogP contribution in [0.3, 0.4) is 0 Å². The molecule has 2 atom stereocenters. The Balaban J connectivity index is 2.71. The van der Waals surface area contributed by atoms with Gasteiger partial charge in [-0.1, -0.05) is 23.2 Å². The molecule has 0 aliphatic carbocycles. The van der Waals surface area contributed by atoms with E-state index in [1.54, 1.807) is 6.26 Å². The minimum absolute atomic E-state index is 0.0145. The molecule has 2 unspecified atom stereocenters. The third-order valence-corrected chi connectivity index (χ3v) is 3.74. The van der Waals surface area contributed by atoms with Gasteiger partial charge in [0.1, 0.15) is 5.82 Å². The molecule has 0 aliphatic rings. The SMILES string of the molecule is CC(NCCS(C)=O)c1cc(F)c(Cl)cc1Cl. The van der Waals surface area contributed by atoms with Crippen LogP contribution in [0.2, 0.25) is 10.0 Å². The zero-order valence-corrected chi connectivity index (χ0v) is 11.9. The van der Waals surface area contributed by atoms with Gasteiger partial charge in [-0.05, 0) is 24.6 Å². The van der Waals surface area contributed by atoms with Crippen LogP contribution in [0.1, 0.15) is 18.5 Å². The molecule has 0 heterocycles. The highest BCUT2D eigenvalue weighted by Gasteiger charge is 2.12. The number of benzene rings is 1. The number of halogens is 3. The van der Waals surface area contributed by atoms with E-state index in [4.69, 9.17) is 23.2 Å². The predicted molar refractivity (Wildman–Crippen MR) is 71.8 cm³/mol. The number of nitrogens with one attached hydrogen (secondary N) is 1. The van der Waals surface area contributed by atoms with Crippen molar-refractivity contribution >= 4 is 34.0 Å². The van der Waals surface area contributed by atoms with Crippen molar-refractivity contribution in [1.82, 2.24) is 5.32 Å². The molecule has 0 saturated carbocycles. The van der Waals surface area contributed by atoms with E-state index in [2.05, 4.69) is 5.32 Å². The minimum atomic E-state index is -0.842. The third-order valence-electron chi connectivity index (χ3n) is 2.35. The van der Waals surface area contributed by atoms with E-state index in [-0.39, 0.29) is 11.1 Å². The van der Waals surface area contributed by atoms with Crippen molar-refractivity contribution in [2.45, 2.75) is 13.0 Å². The minimum Gasteiger partial charge on any atom is -0.309 e. The van der Waals surface area contributed by atoms with Crippen molar-refractivity contribution in [3.63, 3.8) is 0 Å². The quantitative estimate of drug-likeness (QED) is 0.846. The molecule has 2 nitrogen and oxygen atoms in total. The van der Waals surface area contributed by atoms with E-state index in [9.17, 15) is 8.60 Å². The van der Waals surface area contributed by atoms with Gasteiger partial charge in [-0.15, -0.1) is 0 Å². The summed E-state index contributed by atoms with van der Waals surface area (Å²) in [5, 5.41) is 3.57. The molecule has 0 amide bonds. The lowest BCUT2D eigenvalue weighted by Gasteiger charge is -2.15. The van der Waals surface area contributed by atoms with Crippen molar-refractivity contribution in [1.29, 1.82) is 0 Å². The van der Waals surface area contributed by atoms with Crippen LogP contribution in [0, 0.1) is 5.82 Å². The lowest BCUT2D eigenvalue weighted by atomic mass is 10.1. The van der Waals surface area contributed by atoms with Gasteiger partial charge in [-0.2, -0.15) is 0 Å². The second-order valence-corrected chi connectivity index (χ2v) is 6.11. The Bertz CT molecular complexity index is 428. The molecule has 1 aromatic carbocycles. The number of hydrogen-bond donors (Lipinski definition) is 1. The summed E-state index contributed by atoms with van der Waals surface area (Å²) in [6.07, 6.45) is 1.64. The molecule has 6 heteroatoms. The van der Waals surface area contributed by atoms with Crippen molar-refractivity contribution in [2.75, 3.05) is 18.6 Å². The fraction of sp³-hybridized carbons (Fsp3) is 0.455. The zero-order valence-electron chi connectivity index (χ0n) is 9.60. The van der Waals surface area contributed by atoms with Crippen LogP contribution in [-0.4, -0.2) is 22.8 Å². The Morgan fingerprint density at radius 2 is 2.06 bits per heavy atom. The van der Waals surface area contributed by atoms with E-state index in [1.807, 2.05) is 6.92 Å². The smallest absolute Gasteiger partial charge is 0.142 e. The average Bonchev–Trinajstić information content (AvgIpc) is 2.22. The molecule has 0 bridgehead atoms. The summed E-state index contributed by atoms with van der Waals surface area (Å²) in [5.41, 5.74) is 0.649. The van der Waals surface area contributed by atoms with Crippen molar-refractivity contribution in [3.05, 3.63) is 33.6 Å². The summed E-state index contributed by atoms with van der Waals surface area (Å²) >= 11 is 11.6. The highest BCUT2D eigenvalue weighted by molar-refractivity contribution is 7.84. The maximum atomic E-state index is 13.3. The zero-order chi connectivity index (χ0) is 13.0. The first-order valence-corrected chi connectivity index (χ1v) is 7.58. The van der Waals surface area contributed by atoms with Crippen LogP contribution in [0.4, 0.5) is 4.39 Å². The standard InChI is InChI=1S/C11H14Cl2FNOS/c1-7(15-3-4-17(2)16)8-5-11(14)10(13)6-9(8)12/h5-7,15H,3-4H2,1-2H3. The second-order valence-electron chi connectivity index (χ2n) is 3.74. The molecular weight excluding hydrogens is 284 g/mol. The lowest BCUT2D eigenvalue weighted by molar-refractivity contribution is 0.583. The normalized spacial score (nSPS) is 14.6. The van der Waals surface area contributed by atoms with Crippen molar-refractivity contribution in [2.24, 2.45) is 0 Å². The van der Waals surface area contributed by atoms with Crippen LogP contribution in [0.5, 0.6) is 0 Å². The Morgan fingerprint density at radius 3 is 2.65 bits per heavy atom. The molecule has 0 aliphatic heterocycles. The average molecular weight is 298 g/mol. The molecule has 0 radical (unpaired) electrons. The number of rotatable bonds is 5. The predicted octanol–water partition coefficient (Wildman–Crippen LogP) is 3.16. The maximum absolute atomic E-state index is 13.3. The van der Waals surface area contributed by atoms with Gasteiger partial charge in [0, 0.05) is 40.4 Å². The number of hydrogen-bond acceptors (Lipinski definition) is 2. The van der Waals surface area contributed by atoms with Gasteiger partial charge < -0.3 is 5.32 Å². The van der Waals surface area contributed by atoms with Gasteiger partial charge in [-0.25, -0.2) is 4.39 Å². The van der Waals surface area contributed by atoms with Crippen LogP contribution < -0.4 is 5.32 Å². The van der Waals surface area contributed by atoms with Gasteiger partial charge in [0.15, 0.2) is 0 Å². The Kier molecular flexibility index (Phi) is 5.86. The van der Waals surface area contributed by atoms with Crippen molar-refractivity contribution in [3.8, 4) is 0 Å². The van der Waals surface area contributed by atoms with Crippen molar-refractivity contribution < 1.29 is 8.60 Å².